The monoisotopic (exact) mass is 337 g/mol. The fraction of sp³-hybridized carbons (Fsp3) is 0.286. The maximum absolute atomic E-state index is 11.2. The number of nitrogens with two attached hydrogens (primary N) is 1. The maximum Gasteiger partial charge on any atom is 0.349 e. The Morgan fingerprint density at radius 1 is 1.52 bits per heavy atom. The summed E-state index contributed by atoms with van der Waals surface area (Å²) >= 11 is 0.736. The lowest BCUT2D eigenvalue weighted by Crippen LogP contribution is -2.06. The summed E-state index contributed by atoms with van der Waals surface area (Å²) in [4.78, 5) is 21.6. The smallest absolute Gasteiger partial charge is 0.349 e. The van der Waals surface area contributed by atoms with Crippen molar-refractivity contribution in [3.05, 3.63) is 33.2 Å². The van der Waals surface area contributed by atoms with Crippen LogP contribution in [0.2, 0.25) is 0 Å². The molecule has 122 valence electrons. The molecule has 0 fully saturated rings. The van der Waals surface area contributed by atoms with E-state index in [1.165, 1.54) is 12.1 Å². The van der Waals surface area contributed by atoms with E-state index < -0.39 is 10.9 Å². The number of hydrogen-bond acceptors (Lipinski definition) is 7. The van der Waals surface area contributed by atoms with Crippen LogP contribution in [-0.4, -0.2) is 27.0 Å². The van der Waals surface area contributed by atoms with Crippen molar-refractivity contribution in [2.24, 2.45) is 5.92 Å². The molecule has 9 heteroatoms. The summed E-state index contributed by atoms with van der Waals surface area (Å²) in [6.45, 7) is 4.22. The molecule has 0 atom stereocenters. The summed E-state index contributed by atoms with van der Waals surface area (Å²) < 4.78 is 9.42. The van der Waals surface area contributed by atoms with Gasteiger partial charge in [-0.25, -0.2) is 4.79 Å². The Labute approximate surface area is 135 Å². The number of carboxylic acid groups (broad SMARTS) is 1. The van der Waals surface area contributed by atoms with Crippen LogP contribution in [0.15, 0.2) is 18.2 Å². The maximum atomic E-state index is 11.2. The second-order valence-electron chi connectivity index (χ2n) is 5.22. The normalized spacial score (nSPS) is 10.7. The van der Waals surface area contributed by atoms with Crippen LogP contribution >= 0.6 is 11.5 Å². The number of aromatic nitrogens is 1. The van der Waals surface area contributed by atoms with E-state index in [2.05, 4.69) is 4.37 Å². The molecule has 0 spiro atoms. The summed E-state index contributed by atoms with van der Waals surface area (Å²) in [5.74, 6) is -0.807. The number of benzene rings is 1. The van der Waals surface area contributed by atoms with Crippen molar-refractivity contribution in [1.29, 1.82) is 0 Å². The zero-order valence-electron chi connectivity index (χ0n) is 12.5. The molecular formula is C14H15N3O5S. The highest BCUT2D eigenvalue weighted by molar-refractivity contribution is 7.09. The molecule has 0 saturated carbocycles. The number of nitrogens with zero attached hydrogens (tertiary/aromatic N) is 2. The van der Waals surface area contributed by atoms with Gasteiger partial charge in [0.2, 0.25) is 0 Å². The minimum Gasteiger partial charge on any atom is -0.487 e. The van der Waals surface area contributed by atoms with E-state index >= 15 is 0 Å². The van der Waals surface area contributed by atoms with E-state index in [0.717, 1.165) is 11.5 Å². The van der Waals surface area contributed by atoms with Gasteiger partial charge in [0.15, 0.2) is 10.6 Å². The summed E-state index contributed by atoms with van der Waals surface area (Å²) in [7, 11) is 0. The Bertz CT molecular complexity index is 757. The lowest BCUT2D eigenvalue weighted by Gasteiger charge is -2.09. The first-order valence-corrected chi connectivity index (χ1v) is 7.48. The molecule has 2 aromatic rings. The number of nitro groups is 1. The highest BCUT2D eigenvalue weighted by atomic mass is 32.1. The van der Waals surface area contributed by atoms with Crippen molar-refractivity contribution in [3.8, 4) is 17.0 Å². The molecule has 1 aromatic carbocycles. The largest absolute Gasteiger partial charge is 0.487 e. The summed E-state index contributed by atoms with van der Waals surface area (Å²) in [5, 5.41) is 20.2. The molecule has 0 unspecified atom stereocenters. The molecule has 0 aliphatic rings. The molecule has 1 heterocycles. The molecule has 8 nitrogen and oxygen atoms in total. The number of aromatic carboxylic acids is 1. The van der Waals surface area contributed by atoms with Gasteiger partial charge < -0.3 is 15.6 Å². The van der Waals surface area contributed by atoms with Crippen molar-refractivity contribution >= 4 is 28.9 Å². The lowest BCUT2D eigenvalue weighted by molar-refractivity contribution is -0.385. The molecular weight excluding hydrogens is 322 g/mol. The predicted molar refractivity (Wildman–Crippen MR) is 85.9 cm³/mol. The standard InChI is InChI=1S/C14H15N3O5S/c1-7(2)6-22-10-4-3-8(5-9(10)17(20)21)12-11(15)13(14(18)19)23-16-12/h3-5,7H,6,15H2,1-2H3,(H,18,19). The summed E-state index contributed by atoms with van der Waals surface area (Å²) in [6.07, 6.45) is 0. The minimum absolute atomic E-state index is 0.00681. The average Bonchev–Trinajstić information content (AvgIpc) is 2.86. The fourth-order valence-electron chi connectivity index (χ4n) is 1.85. The van der Waals surface area contributed by atoms with Gasteiger partial charge >= 0.3 is 11.7 Å². The van der Waals surface area contributed by atoms with Crippen molar-refractivity contribution in [2.75, 3.05) is 12.3 Å². The van der Waals surface area contributed by atoms with E-state index in [1.807, 2.05) is 13.8 Å². The molecule has 0 saturated heterocycles. The van der Waals surface area contributed by atoms with Crippen LogP contribution in [-0.2, 0) is 0 Å². The average molecular weight is 337 g/mol. The minimum atomic E-state index is -1.18. The molecule has 0 aliphatic heterocycles. The van der Waals surface area contributed by atoms with Gasteiger partial charge in [-0.3, -0.25) is 10.1 Å². The zero-order chi connectivity index (χ0) is 17.1. The summed E-state index contributed by atoms with van der Waals surface area (Å²) in [6, 6.07) is 4.32. The number of ether oxygens (including phenoxy) is 1. The van der Waals surface area contributed by atoms with Gasteiger partial charge in [-0.15, -0.1) is 0 Å². The second-order valence-corrected chi connectivity index (χ2v) is 6.00. The summed E-state index contributed by atoms with van der Waals surface area (Å²) in [5.41, 5.74) is 6.13. The highest BCUT2D eigenvalue weighted by Gasteiger charge is 2.22. The van der Waals surface area contributed by atoms with Crippen LogP contribution in [0.25, 0.3) is 11.3 Å². The third-order valence-electron chi connectivity index (χ3n) is 2.92. The molecule has 3 N–H and O–H groups in total. The lowest BCUT2D eigenvalue weighted by atomic mass is 10.1. The number of carboxylic acids is 1. The molecule has 0 aliphatic carbocycles. The van der Waals surface area contributed by atoms with Crippen molar-refractivity contribution < 1.29 is 19.6 Å². The third-order valence-corrected chi connectivity index (χ3v) is 3.77. The fourth-order valence-corrected chi connectivity index (χ4v) is 2.50. The molecule has 2 rings (SSSR count). The highest BCUT2D eigenvalue weighted by Crippen LogP contribution is 2.36. The number of nitrogen functional groups attached to an aromatic ring is 1. The van der Waals surface area contributed by atoms with Crippen LogP contribution in [0, 0.1) is 16.0 Å². The number of rotatable bonds is 6. The van der Waals surface area contributed by atoms with E-state index in [4.69, 9.17) is 15.6 Å². The van der Waals surface area contributed by atoms with Crippen molar-refractivity contribution in [3.63, 3.8) is 0 Å². The molecule has 0 amide bonds. The van der Waals surface area contributed by atoms with Crippen LogP contribution < -0.4 is 10.5 Å². The molecule has 0 radical (unpaired) electrons. The molecule has 0 bridgehead atoms. The van der Waals surface area contributed by atoms with Crippen molar-refractivity contribution in [2.45, 2.75) is 13.8 Å². The van der Waals surface area contributed by atoms with Gasteiger partial charge in [0.25, 0.3) is 0 Å². The Balaban J connectivity index is 2.43. The topological polar surface area (TPSA) is 129 Å². The molecule has 23 heavy (non-hydrogen) atoms. The van der Waals surface area contributed by atoms with Gasteiger partial charge in [0.1, 0.15) is 5.69 Å². The van der Waals surface area contributed by atoms with E-state index in [1.54, 1.807) is 6.07 Å². The Kier molecular flexibility index (Phi) is 4.80. The first kappa shape index (κ1) is 16.7. The number of nitro benzene ring substituents is 1. The number of hydrogen-bond donors (Lipinski definition) is 2. The van der Waals surface area contributed by atoms with Gasteiger partial charge in [0.05, 0.1) is 17.2 Å². The van der Waals surface area contributed by atoms with Gasteiger partial charge in [0, 0.05) is 11.6 Å². The zero-order valence-corrected chi connectivity index (χ0v) is 13.3. The first-order valence-electron chi connectivity index (χ1n) is 6.71. The van der Waals surface area contributed by atoms with Gasteiger partial charge in [-0.2, -0.15) is 4.37 Å². The molecule has 1 aromatic heterocycles. The van der Waals surface area contributed by atoms with Crippen LogP contribution in [0.4, 0.5) is 11.4 Å². The predicted octanol–water partition coefficient (Wildman–Crippen LogP) is 3.03. The Morgan fingerprint density at radius 2 is 2.22 bits per heavy atom. The Morgan fingerprint density at radius 3 is 2.74 bits per heavy atom. The Hall–Kier alpha value is -2.68. The van der Waals surface area contributed by atoms with Crippen LogP contribution in [0.3, 0.4) is 0 Å². The van der Waals surface area contributed by atoms with E-state index in [0.29, 0.717) is 12.2 Å². The quantitative estimate of drug-likeness (QED) is 0.612. The first-order chi connectivity index (χ1) is 10.8. The SMILES string of the molecule is CC(C)COc1ccc(-c2nsc(C(=O)O)c2N)cc1[N+](=O)[O-]. The van der Waals surface area contributed by atoms with E-state index in [9.17, 15) is 14.9 Å². The van der Waals surface area contributed by atoms with Gasteiger partial charge in [-0.1, -0.05) is 13.8 Å². The number of carbonyl (C=O) groups is 1. The number of anilines is 1. The van der Waals surface area contributed by atoms with Crippen LogP contribution in [0.5, 0.6) is 5.75 Å². The van der Waals surface area contributed by atoms with Crippen molar-refractivity contribution in [1.82, 2.24) is 4.37 Å². The van der Waals surface area contributed by atoms with E-state index in [-0.39, 0.29) is 33.6 Å². The van der Waals surface area contributed by atoms with Gasteiger partial charge in [-0.05, 0) is 29.6 Å². The van der Waals surface area contributed by atoms with Crippen LogP contribution in [0.1, 0.15) is 23.5 Å². The third kappa shape index (κ3) is 3.57. The second kappa shape index (κ2) is 6.61.